The van der Waals surface area contributed by atoms with E-state index in [0.29, 0.717) is 122 Å². The first kappa shape index (κ1) is 91.2. The van der Waals surface area contributed by atoms with Gasteiger partial charge in [-0.2, -0.15) is 0 Å². The van der Waals surface area contributed by atoms with Gasteiger partial charge in [0.05, 0.1) is 32.8 Å². The molecular weight excluding hydrogens is 1640 g/mol. The lowest BCUT2D eigenvalue weighted by atomic mass is 9.84. The summed E-state index contributed by atoms with van der Waals surface area (Å²) in [5, 5.41) is 16.1. The summed E-state index contributed by atoms with van der Waals surface area (Å²) in [5.74, 6) is 4.40. The molecule has 10 heteroatoms. The van der Waals surface area contributed by atoms with Crippen LogP contribution in [0.2, 0.25) is 0 Å². The molecular formula is C124H136N4O6. The van der Waals surface area contributed by atoms with Crippen molar-refractivity contribution in [2.45, 2.75) is 310 Å². The summed E-state index contributed by atoms with van der Waals surface area (Å²) in [4.78, 5) is 45.7. The van der Waals surface area contributed by atoms with Crippen molar-refractivity contribution in [3.05, 3.63) is 261 Å². The minimum absolute atomic E-state index is 0.235. The van der Waals surface area contributed by atoms with E-state index in [1.807, 2.05) is 20.9 Å². The molecule has 0 aliphatic carbocycles. The number of benzene rings is 15. The Labute approximate surface area is 791 Å². The first-order chi connectivity index (χ1) is 66.2. The predicted octanol–water partition coefficient (Wildman–Crippen LogP) is 36.9. The first-order valence-corrected chi connectivity index (χ1v) is 52.4. The van der Waals surface area contributed by atoms with E-state index in [4.69, 9.17) is 28.9 Å². The van der Waals surface area contributed by atoms with Crippen molar-refractivity contribution in [1.29, 1.82) is 0 Å². The fraction of sp³-hybridized carbons (Fsp3) is 0.387. The van der Waals surface area contributed by atoms with Gasteiger partial charge in [-0.3, -0.25) is 18.4 Å². The van der Waals surface area contributed by atoms with Gasteiger partial charge in [0.25, 0.3) is 11.1 Å². The lowest BCUT2D eigenvalue weighted by Crippen LogP contribution is -2.15. The van der Waals surface area contributed by atoms with E-state index in [-0.39, 0.29) is 11.1 Å². The van der Waals surface area contributed by atoms with Crippen molar-refractivity contribution in [1.82, 2.24) is 18.8 Å². The third-order valence-corrected chi connectivity index (χ3v) is 29.4. The Morgan fingerprint density at radius 2 is 0.455 bits per heavy atom. The summed E-state index contributed by atoms with van der Waals surface area (Å²) in [5.41, 5.74) is 8.38. The number of unbranched alkanes of at least 4 members (excludes halogenated alkanes) is 36. The van der Waals surface area contributed by atoms with Crippen molar-refractivity contribution in [2.24, 2.45) is 0 Å². The van der Waals surface area contributed by atoms with Crippen LogP contribution in [0.3, 0.4) is 0 Å². The molecule has 0 fully saturated rings. The van der Waals surface area contributed by atoms with Crippen molar-refractivity contribution in [2.75, 3.05) is 0 Å². The third-order valence-electron chi connectivity index (χ3n) is 29.4. The van der Waals surface area contributed by atoms with E-state index in [2.05, 4.69) is 234 Å². The fourth-order valence-corrected chi connectivity index (χ4v) is 22.0. The second-order valence-electron chi connectivity index (χ2n) is 39.3. The van der Waals surface area contributed by atoms with Crippen LogP contribution in [-0.2, 0) is 25.7 Å². The zero-order chi connectivity index (χ0) is 91.1. The standard InChI is InChI=1S/C124H136N4O6/c1-5-9-13-17-21-25-29-33-37-41-49-85-57-67-95(68-58-85)131-107-81-101-111-103(123(129)127-119-99-79-91-55-47-45-53-89(91)77-93(99)65-75-105(119)125-121(101)127)84-110(134-98-73-63-88(64-74-98)52-44-40-36-32-28-24-20-16-12-8-4)116-114-108(132-96-69-59-86(60-70-96)50-42-38-34-30-26-22-18-14-10-6-2)82-102-112-104(124(130)128-120-100-80-92-56-48-46-54-90(92)78-94(100)66-76-106(120)126-122(102)128)83-109(115(118(112)114)113(107)117(111)116)133-97-71-61-87(62-72-97)51-43-39-35-31-27-23-19-15-11-7-3/h45-48,53-84H,5-44,49-52H2,1-4H3. The van der Waals surface area contributed by atoms with Crippen molar-refractivity contribution in [3.63, 3.8) is 0 Å². The monoisotopic (exact) mass is 1780 g/mol. The van der Waals surface area contributed by atoms with Gasteiger partial charge in [0.1, 0.15) is 57.3 Å². The number of nitrogens with zero attached hydrogens (tertiary/aromatic N) is 4. The van der Waals surface area contributed by atoms with Gasteiger partial charge in [0.2, 0.25) is 0 Å². The Hall–Kier alpha value is -11.9. The molecule has 19 aromatic rings. The Morgan fingerprint density at radius 1 is 0.216 bits per heavy atom. The Kier molecular flexibility index (Phi) is 29.7. The highest BCUT2D eigenvalue weighted by Crippen LogP contribution is 2.58. The molecule has 0 aliphatic heterocycles. The largest absolute Gasteiger partial charge is 0.457 e. The molecule has 0 saturated carbocycles. The molecule has 4 heterocycles. The van der Waals surface area contributed by atoms with Gasteiger partial charge in [-0.1, -0.05) is 368 Å². The fourth-order valence-electron chi connectivity index (χ4n) is 22.0. The second-order valence-corrected chi connectivity index (χ2v) is 39.3. The van der Waals surface area contributed by atoms with Gasteiger partial charge in [0, 0.05) is 64.6 Å². The molecule has 15 aromatic carbocycles. The highest BCUT2D eigenvalue weighted by molar-refractivity contribution is 6.45. The minimum Gasteiger partial charge on any atom is -0.457 e. The van der Waals surface area contributed by atoms with Crippen LogP contribution in [0, 0.1) is 0 Å². The maximum atomic E-state index is 17.2. The Morgan fingerprint density at radius 3 is 0.716 bits per heavy atom. The van der Waals surface area contributed by atoms with E-state index in [1.165, 1.54) is 253 Å². The smallest absolute Gasteiger partial charge is 0.264 e. The van der Waals surface area contributed by atoms with Crippen molar-refractivity contribution in [3.8, 4) is 46.0 Å². The zero-order valence-corrected chi connectivity index (χ0v) is 80.1. The third kappa shape index (κ3) is 20.0. The van der Waals surface area contributed by atoms with E-state index in [0.717, 1.165) is 116 Å². The lowest BCUT2D eigenvalue weighted by molar-refractivity contribution is 0.483. The molecule has 688 valence electrons. The highest BCUT2D eigenvalue weighted by atomic mass is 16.5. The van der Waals surface area contributed by atoms with Crippen LogP contribution in [0.4, 0.5) is 0 Å². The number of hydrogen-bond acceptors (Lipinski definition) is 8. The highest BCUT2D eigenvalue weighted by Gasteiger charge is 2.34. The zero-order valence-electron chi connectivity index (χ0n) is 80.1. The molecule has 0 spiro atoms. The summed E-state index contributed by atoms with van der Waals surface area (Å²) in [7, 11) is 0. The summed E-state index contributed by atoms with van der Waals surface area (Å²) in [6.07, 6.45) is 54.8. The number of aromatic nitrogens is 4. The number of ether oxygens (including phenoxy) is 4. The predicted molar refractivity (Wildman–Crippen MR) is 568 cm³/mol. The number of pyridine rings is 2. The van der Waals surface area contributed by atoms with E-state index < -0.39 is 0 Å². The number of hydrogen-bond donors (Lipinski definition) is 0. The number of rotatable bonds is 52. The van der Waals surface area contributed by atoms with Gasteiger partial charge in [-0.25, -0.2) is 9.97 Å². The lowest BCUT2D eigenvalue weighted by Gasteiger charge is -2.25. The van der Waals surface area contributed by atoms with Gasteiger partial charge >= 0.3 is 0 Å². The van der Waals surface area contributed by atoms with Gasteiger partial charge in [-0.05, 0) is 215 Å². The van der Waals surface area contributed by atoms with Crippen LogP contribution in [0.25, 0.3) is 141 Å². The number of aryl methyl sites for hydroxylation is 4. The van der Waals surface area contributed by atoms with Gasteiger partial charge < -0.3 is 18.9 Å². The van der Waals surface area contributed by atoms with Crippen LogP contribution in [0.1, 0.15) is 307 Å². The van der Waals surface area contributed by atoms with Crippen LogP contribution in [0.15, 0.2) is 228 Å². The molecule has 0 bridgehead atoms. The quantitative estimate of drug-likeness (QED) is 0.0211. The molecule has 0 amide bonds. The SMILES string of the molecule is CCCCCCCCCCCCc1ccc(Oc2cc3c(=O)n4c(nc5ccc6cc7ccccc7cc6c54)c4cc(Oc5ccc(CCCCCCCCCCCC)cc5)c5c6c(Oc7ccc(CCCCCCCCCCCC)cc7)cc7c(=O)n8c(nc9ccc%10cc%11ccccc%11cc%10c98)c8cc(Oc9ccc(CCCCCCCCCCCC)cc9)c(c2c5c34)c6c78)cc1. The van der Waals surface area contributed by atoms with E-state index >= 15 is 9.59 Å². The average Bonchev–Trinajstić information content (AvgIpc) is 1.12. The molecule has 10 nitrogen and oxygen atoms in total. The molecule has 0 radical (unpaired) electrons. The summed E-state index contributed by atoms with van der Waals surface area (Å²) in [6.45, 7) is 9.16. The molecule has 0 N–H and O–H groups in total. The van der Waals surface area contributed by atoms with E-state index in [1.54, 1.807) is 0 Å². The maximum absolute atomic E-state index is 17.2. The maximum Gasteiger partial charge on any atom is 0.264 e. The average molecular weight is 1780 g/mol. The number of imidazole rings is 2. The van der Waals surface area contributed by atoms with Crippen LogP contribution < -0.4 is 30.1 Å². The Balaban J connectivity index is 0.844. The second kappa shape index (κ2) is 43.6. The van der Waals surface area contributed by atoms with Crippen LogP contribution in [0.5, 0.6) is 46.0 Å². The van der Waals surface area contributed by atoms with Gasteiger partial charge in [0.15, 0.2) is 0 Å². The molecule has 0 aliphatic rings. The van der Waals surface area contributed by atoms with Crippen molar-refractivity contribution >= 4 is 141 Å². The first-order valence-electron chi connectivity index (χ1n) is 52.4. The summed E-state index contributed by atoms with van der Waals surface area (Å²) < 4.78 is 35.0. The molecule has 134 heavy (non-hydrogen) atoms. The van der Waals surface area contributed by atoms with Crippen LogP contribution in [-0.4, -0.2) is 18.8 Å². The van der Waals surface area contributed by atoms with Gasteiger partial charge in [-0.15, -0.1) is 0 Å². The molecule has 0 unspecified atom stereocenters. The number of fused-ring (bicyclic) bond motifs is 16. The van der Waals surface area contributed by atoms with Crippen LogP contribution >= 0.6 is 0 Å². The normalized spacial score (nSPS) is 12.2. The molecule has 0 saturated heterocycles. The molecule has 4 aromatic heterocycles. The summed E-state index contributed by atoms with van der Waals surface area (Å²) in [6, 6.07) is 77.2. The molecule has 0 atom stereocenters. The minimum atomic E-state index is -0.235. The topological polar surface area (TPSA) is 106 Å². The van der Waals surface area contributed by atoms with Crippen molar-refractivity contribution < 1.29 is 18.9 Å². The molecule has 19 rings (SSSR count). The Bertz CT molecular complexity index is 6900. The van der Waals surface area contributed by atoms with E-state index in [9.17, 15) is 0 Å². The summed E-state index contributed by atoms with van der Waals surface area (Å²) >= 11 is 0.